The average Bonchev–Trinajstić information content (AvgIpc) is 2.73. The number of nitrogens with zero attached hydrogens (tertiary/aromatic N) is 2. The molecule has 0 radical (unpaired) electrons. The fourth-order valence-electron chi connectivity index (χ4n) is 2.66. The fourth-order valence-corrected chi connectivity index (χ4v) is 3.96. The van der Waals surface area contributed by atoms with Gasteiger partial charge in [-0.1, -0.05) is 24.3 Å². The molecule has 7 nitrogen and oxygen atoms in total. The summed E-state index contributed by atoms with van der Waals surface area (Å²) in [5.74, 6) is -1.44. The minimum Gasteiger partial charge on any atom is -0.439 e. The Hall–Kier alpha value is -3.77. The van der Waals surface area contributed by atoms with Crippen molar-refractivity contribution in [2.24, 2.45) is 0 Å². The Morgan fingerprint density at radius 2 is 1.84 bits per heavy atom. The number of carbonyl (C=O) groups excluding carboxylic acids is 1. The van der Waals surface area contributed by atoms with E-state index in [-0.39, 0.29) is 18.2 Å². The maximum atomic E-state index is 13.2. The first-order valence-corrected chi connectivity index (χ1v) is 11.0. The second kappa shape index (κ2) is 9.82. The van der Waals surface area contributed by atoms with Crippen molar-refractivity contribution in [2.75, 3.05) is 5.75 Å². The van der Waals surface area contributed by atoms with Crippen LogP contribution in [0.2, 0.25) is 0 Å². The van der Waals surface area contributed by atoms with Crippen molar-refractivity contribution >= 4 is 15.7 Å². The fraction of sp³-hybridized carbons (Fsp3) is 0.136. The molecule has 0 fully saturated rings. The summed E-state index contributed by atoms with van der Waals surface area (Å²) >= 11 is 0. The highest BCUT2D eigenvalue weighted by molar-refractivity contribution is 7.91. The van der Waals surface area contributed by atoms with Gasteiger partial charge < -0.3 is 10.1 Å². The van der Waals surface area contributed by atoms with Gasteiger partial charge in [-0.05, 0) is 35.4 Å². The number of hydrogen-bond acceptors (Lipinski definition) is 6. The third kappa shape index (κ3) is 6.90. The van der Waals surface area contributed by atoms with Crippen LogP contribution in [0.1, 0.15) is 16.7 Å². The molecular weight excluding hydrogens is 421 g/mol. The first-order chi connectivity index (χ1) is 14.8. The van der Waals surface area contributed by atoms with Crippen molar-refractivity contribution in [1.82, 2.24) is 10.3 Å². The molecule has 3 rings (SSSR count). The largest absolute Gasteiger partial charge is 0.439 e. The van der Waals surface area contributed by atoms with Crippen molar-refractivity contribution < 1.29 is 22.3 Å². The topological polar surface area (TPSA) is 109 Å². The molecule has 1 aromatic heterocycles. The highest BCUT2D eigenvalue weighted by Gasteiger charge is 2.17. The molecule has 31 heavy (non-hydrogen) atoms. The second-order valence-corrected chi connectivity index (χ2v) is 8.75. The van der Waals surface area contributed by atoms with Crippen LogP contribution >= 0.6 is 0 Å². The van der Waals surface area contributed by atoms with Gasteiger partial charge in [-0.15, -0.1) is 0 Å². The molecule has 1 amide bonds. The normalized spacial score (nSPS) is 10.8. The van der Waals surface area contributed by atoms with E-state index in [1.54, 1.807) is 30.3 Å². The van der Waals surface area contributed by atoms with Gasteiger partial charge in [0.15, 0.2) is 9.84 Å². The van der Waals surface area contributed by atoms with Gasteiger partial charge in [-0.25, -0.2) is 17.8 Å². The molecule has 2 aromatic carbocycles. The van der Waals surface area contributed by atoms with Gasteiger partial charge in [0.25, 0.3) is 0 Å². The monoisotopic (exact) mass is 439 g/mol. The smallest absolute Gasteiger partial charge is 0.235 e. The van der Waals surface area contributed by atoms with Gasteiger partial charge in [0, 0.05) is 24.9 Å². The molecule has 1 N–H and O–H groups in total. The van der Waals surface area contributed by atoms with E-state index < -0.39 is 27.3 Å². The molecule has 0 atom stereocenters. The maximum Gasteiger partial charge on any atom is 0.235 e. The van der Waals surface area contributed by atoms with Crippen molar-refractivity contribution in [3.05, 3.63) is 89.4 Å². The van der Waals surface area contributed by atoms with Gasteiger partial charge >= 0.3 is 0 Å². The van der Waals surface area contributed by atoms with Crippen LogP contribution in [0.5, 0.6) is 11.6 Å². The van der Waals surface area contributed by atoms with E-state index in [2.05, 4.69) is 10.3 Å². The predicted octanol–water partition coefficient (Wildman–Crippen LogP) is 3.12. The second-order valence-electron chi connectivity index (χ2n) is 6.68. The molecule has 0 aliphatic rings. The molecule has 0 saturated heterocycles. The number of rotatable bonds is 8. The van der Waals surface area contributed by atoms with Gasteiger partial charge in [0.2, 0.25) is 11.8 Å². The Morgan fingerprint density at radius 1 is 1.10 bits per heavy atom. The SMILES string of the molecule is N#Cc1ccc(CS(=O)(=O)CC(=O)NCc2ccc(Oc3cccc(F)c3)nc2)cc1. The highest BCUT2D eigenvalue weighted by Crippen LogP contribution is 2.20. The minimum atomic E-state index is -3.66. The Kier molecular flexibility index (Phi) is 6.95. The number of nitriles is 1. The molecule has 0 bridgehead atoms. The van der Waals surface area contributed by atoms with E-state index in [0.29, 0.717) is 22.4 Å². The third-order valence-corrected chi connectivity index (χ3v) is 5.60. The molecule has 0 aliphatic heterocycles. The number of benzene rings is 2. The zero-order valence-electron chi connectivity index (χ0n) is 16.3. The van der Waals surface area contributed by atoms with Crippen LogP contribution < -0.4 is 10.1 Å². The Balaban J connectivity index is 1.49. The summed E-state index contributed by atoms with van der Waals surface area (Å²) < 4.78 is 43.1. The Morgan fingerprint density at radius 3 is 2.48 bits per heavy atom. The molecule has 158 valence electrons. The van der Waals surface area contributed by atoms with Gasteiger partial charge in [0.1, 0.15) is 17.3 Å². The van der Waals surface area contributed by atoms with E-state index in [1.807, 2.05) is 6.07 Å². The number of pyridine rings is 1. The predicted molar refractivity (Wildman–Crippen MR) is 111 cm³/mol. The van der Waals surface area contributed by atoms with E-state index in [0.717, 1.165) is 0 Å². The lowest BCUT2D eigenvalue weighted by Gasteiger charge is -2.08. The van der Waals surface area contributed by atoms with E-state index in [9.17, 15) is 17.6 Å². The lowest BCUT2D eigenvalue weighted by molar-refractivity contribution is -0.118. The van der Waals surface area contributed by atoms with Crippen LogP contribution in [0.25, 0.3) is 0 Å². The summed E-state index contributed by atoms with van der Waals surface area (Å²) in [5.41, 5.74) is 1.58. The molecular formula is C22H18FN3O4S. The van der Waals surface area contributed by atoms with E-state index in [4.69, 9.17) is 10.00 Å². The van der Waals surface area contributed by atoms with Gasteiger partial charge in [0.05, 0.1) is 17.4 Å². The number of carbonyl (C=O) groups is 1. The highest BCUT2D eigenvalue weighted by atomic mass is 32.2. The third-order valence-electron chi connectivity index (χ3n) is 4.13. The van der Waals surface area contributed by atoms with Crippen LogP contribution in [-0.4, -0.2) is 25.1 Å². The molecule has 1 heterocycles. The maximum absolute atomic E-state index is 13.2. The number of halogens is 1. The van der Waals surface area contributed by atoms with Crippen LogP contribution in [0.4, 0.5) is 4.39 Å². The first kappa shape index (κ1) is 21.9. The molecule has 0 unspecified atom stereocenters. The van der Waals surface area contributed by atoms with Crippen LogP contribution in [-0.2, 0) is 26.9 Å². The lowest BCUT2D eigenvalue weighted by Crippen LogP contribution is -2.30. The summed E-state index contributed by atoms with van der Waals surface area (Å²) in [7, 11) is -3.66. The molecule has 9 heteroatoms. The standard InChI is InChI=1S/C22H18FN3O4S/c23-19-2-1-3-20(10-19)30-22-9-8-18(13-26-22)12-25-21(27)15-31(28,29)14-17-6-4-16(11-24)5-7-17/h1-10,13H,12,14-15H2,(H,25,27). The molecule has 3 aromatic rings. The quantitative estimate of drug-likeness (QED) is 0.578. The number of hydrogen-bond donors (Lipinski definition) is 1. The molecule has 0 saturated carbocycles. The number of sulfone groups is 1. The Bertz CT molecular complexity index is 1200. The molecule has 0 aliphatic carbocycles. The van der Waals surface area contributed by atoms with Crippen LogP contribution in [0.15, 0.2) is 66.9 Å². The van der Waals surface area contributed by atoms with Gasteiger partial charge in [-0.3, -0.25) is 4.79 Å². The Labute approximate surface area is 179 Å². The zero-order chi connectivity index (χ0) is 22.3. The lowest BCUT2D eigenvalue weighted by atomic mass is 10.2. The number of aromatic nitrogens is 1. The summed E-state index contributed by atoms with van der Waals surface area (Å²) in [6, 6.07) is 17.0. The summed E-state index contributed by atoms with van der Waals surface area (Å²) in [6.07, 6.45) is 1.47. The van der Waals surface area contributed by atoms with Crippen LogP contribution in [0, 0.1) is 17.1 Å². The first-order valence-electron chi connectivity index (χ1n) is 9.17. The molecule has 0 spiro atoms. The van der Waals surface area contributed by atoms with Crippen LogP contribution in [0.3, 0.4) is 0 Å². The minimum absolute atomic E-state index is 0.0957. The zero-order valence-corrected chi connectivity index (χ0v) is 17.1. The summed E-state index contributed by atoms with van der Waals surface area (Å²) in [5, 5.41) is 11.3. The number of nitrogens with one attached hydrogen (secondary N) is 1. The van der Waals surface area contributed by atoms with Crippen molar-refractivity contribution in [2.45, 2.75) is 12.3 Å². The summed E-state index contributed by atoms with van der Waals surface area (Å²) in [4.78, 5) is 16.1. The van der Waals surface area contributed by atoms with Crippen molar-refractivity contribution in [3.8, 4) is 17.7 Å². The summed E-state index contributed by atoms with van der Waals surface area (Å²) in [6.45, 7) is 0.0957. The van der Waals surface area contributed by atoms with Crippen molar-refractivity contribution in [3.63, 3.8) is 0 Å². The van der Waals surface area contributed by atoms with E-state index in [1.165, 1.54) is 36.5 Å². The van der Waals surface area contributed by atoms with E-state index >= 15 is 0 Å². The van der Waals surface area contributed by atoms with Crippen molar-refractivity contribution in [1.29, 1.82) is 5.26 Å². The van der Waals surface area contributed by atoms with Gasteiger partial charge in [-0.2, -0.15) is 5.26 Å². The number of ether oxygens (including phenoxy) is 1. The number of amides is 1. The average molecular weight is 439 g/mol.